The van der Waals surface area contributed by atoms with E-state index in [9.17, 15) is 4.79 Å². The number of thiazole rings is 1. The molecule has 1 atom stereocenters. The van der Waals surface area contributed by atoms with Crippen molar-refractivity contribution in [3.8, 4) is 0 Å². The lowest BCUT2D eigenvalue weighted by molar-refractivity contribution is 0.0988. The Morgan fingerprint density at radius 3 is 3.00 bits per heavy atom. The number of hydrogen-bond donors (Lipinski definition) is 0. The number of nitrogens with zero attached hydrogens (tertiary/aromatic N) is 1. The highest BCUT2D eigenvalue weighted by atomic mass is 32.2. The lowest BCUT2D eigenvalue weighted by atomic mass is 10.0. The summed E-state index contributed by atoms with van der Waals surface area (Å²) in [7, 11) is 0. The monoisotopic (exact) mass is 289 g/mol. The molecule has 1 aromatic heterocycles. The lowest BCUT2D eigenvalue weighted by Gasteiger charge is -2.11. The molecule has 0 saturated heterocycles. The minimum Gasteiger partial charge on any atom is -0.293 e. The van der Waals surface area contributed by atoms with Crippen LogP contribution in [0.3, 0.4) is 0 Å². The van der Waals surface area contributed by atoms with Crippen LogP contribution in [0.15, 0.2) is 34.0 Å². The van der Waals surface area contributed by atoms with E-state index in [1.807, 2.05) is 30.5 Å². The second-order valence-electron chi connectivity index (χ2n) is 4.77. The third kappa shape index (κ3) is 2.74. The minimum absolute atomic E-state index is 0.0224. The van der Waals surface area contributed by atoms with Gasteiger partial charge < -0.3 is 0 Å². The van der Waals surface area contributed by atoms with Gasteiger partial charge in [-0.3, -0.25) is 4.79 Å². The molecule has 4 heteroatoms. The second kappa shape index (κ2) is 5.47. The molecule has 0 spiro atoms. The Morgan fingerprint density at radius 2 is 2.21 bits per heavy atom. The van der Waals surface area contributed by atoms with Crippen LogP contribution in [0.4, 0.5) is 0 Å². The summed E-state index contributed by atoms with van der Waals surface area (Å²) in [5.74, 6) is 0.269. The van der Waals surface area contributed by atoms with Gasteiger partial charge in [-0.25, -0.2) is 4.98 Å². The third-order valence-corrected chi connectivity index (χ3v) is 5.69. The average Bonchev–Trinajstić information content (AvgIpc) is 2.75. The maximum atomic E-state index is 12.6. The smallest absolute Gasteiger partial charge is 0.176 e. The molecule has 2 nitrogen and oxygen atoms in total. The topological polar surface area (TPSA) is 30.0 Å². The van der Waals surface area contributed by atoms with E-state index in [1.165, 1.54) is 5.56 Å². The molecule has 0 bridgehead atoms. The van der Waals surface area contributed by atoms with E-state index in [4.69, 9.17) is 0 Å². The number of carbonyl (C=O) groups excluding carboxylic acids is 1. The number of aromatic nitrogens is 1. The number of Topliss-reactive ketones (excluding diaryl/α,β-unsaturated/α-hetero) is 1. The summed E-state index contributed by atoms with van der Waals surface area (Å²) in [6.07, 6.45) is 3.03. The first-order chi connectivity index (χ1) is 9.24. The molecule has 1 heterocycles. The second-order valence-corrected chi connectivity index (χ2v) is 7.08. The van der Waals surface area contributed by atoms with Crippen molar-refractivity contribution in [1.29, 1.82) is 0 Å². The number of benzene rings is 1. The number of thioether (sulfide) groups is 1. The maximum absolute atomic E-state index is 12.6. The number of hydrogen-bond acceptors (Lipinski definition) is 4. The van der Waals surface area contributed by atoms with Crippen molar-refractivity contribution in [1.82, 2.24) is 4.98 Å². The molecule has 0 N–H and O–H groups in total. The van der Waals surface area contributed by atoms with Crippen molar-refractivity contribution in [3.05, 3.63) is 46.5 Å². The number of carbonyl (C=O) groups is 1. The van der Waals surface area contributed by atoms with Crippen LogP contribution in [0.5, 0.6) is 0 Å². The first kappa shape index (κ1) is 12.9. The largest absolute Gasteiger partial charge is 0.293 e. The van der Waals surface area contributed by atoms with Crippen LogP contribution in [-0.4, -0.2) is 16.0 Å². The molecule has 0 fully saturated rings. The fraction of sp³-hybridized carbons (Fsp3) is 0.333. The summed E-state index contributed by atoms with van der Waals surface area (Å²) in [5.41, 5.74) is 3.14. The molecule has 19 heavy (non-hydrogen) atoms. The molecule has 0 aliphatic heterocycles. The zero-order valence-corrected chi connectivity index (χ0v) is 12.4. The van der Waals surface area contributed by atoms with Crippen molar-refractivity contribution in [3.63, 3.8) is 0 Å². The van der Waals surface area contributed by atoms with Crippen LogP contribution < -0.4 is 0 Å². The van der Waals surface area contributed by atoms with Gasteiger partial charge in [-0.2, -0.15) is 0 Å². The van der Waals surface area contributed by atoms with Gasteiger partial charge in [0.2, 0.25) is 0 Å². The van der Waals surface area contributed by atoms with Crippen LogP contribution in [0.2, 0.25) is 0 Å². The lowest BCUT2D eigenvalue weighted by Crippen LogP contribution is -2.16. The van der Waals surface area contributed by atoms with Crippen LogP contribution in [0.1, 0.15) is 34.5 Å². The first-order valence-corrected chi connectivity index (χ1v) is 8.21. The average molecular weight is 289 g/mol. The third-order valence-electron chi connectivity index (χ3n) is 3.33. The van der Waals surface area contributed by atoms with Crippen molar-refractivity contribution < 1.29 is 4.79 Å². The van der Waals surface area contributed by atoms with Gasteiger partial charge in [-0.05, 0) is 31.7 Å². The number of aryl methyl sites for hydroxylation is 2. The van der Waals surface area contributed by atoms with E-state index in [1.54, 1.807) is 23.1 Å². The van der Waals surface area contributed by atoms with Gasteiger partial charge in [0.05, 0.1) is 5.25 Å². The van der Waals surface area contributed by atoms with Crippen LogP contribution in [-0.2, 0) is 6.42 Å². The predicted molar refractivity (Wildman–Crippen MR) is 80.2 cm³/mol. The Morgan fingerprint density at radius 1 is 1.37 bits per heavy atom. The zero-order valence-electron chi connectivity index (χ0n) is 10.8. The van der Waals surface area contributed by atoms with Gasteiger partial charge in [0.1, 0.15) is 0 Å². The predicted octanol–water partition coefficient (Wildman–Crippen LogP) is 4.13. The SMILES string of the molecule is Cc1csc(SC2CCCc3ccccc3C2=O)n1. The highest BCUT2D eigenvalue weighted by Gasteiger charge is 2.26. The molecular formula is C15H15NOS2. The molecule has 0 amide bonds. The summed E-state index contributed by atoms with van der Waals surface area (Å²) >= 11 is 3.26. The van der Waals surface area contributed by atoms with E-state index in [2.05, 4.69) is 11.1 Å². The number of ketones is 1. The molecule has 1 unspecified atom stereocenters. The fourth-order valence-corrected chi connectivity index (χ4v) is 4.58. The standard InChI is InChI=1S/C15H15NOS2/c1-10-9-18-15(16-10)19-13-8-4-6-11-5-2-3-7-12(11)14(13)17/h2-3,5,7,9,13H,4,6,8H2,1H3. The number of rotatable bonds is 2. The highest BCUT2D eigenvalue weighted by molar-refractivity contribution is 8.02. The molecule has 98 valence electrons. The van der Waals surface area contributed by atoms with Crippen LogP contribution in [0.25, 0.3) is 0 Å². The van der Waals surface area contributed by atoms with Crippen LogP contribution in [0, 0.1) is 6.92 Å². The zero-order chi connectivity index (χ0) is 13.2. The van der Waals surface area contributed by atoms with Gasteiger partial charge in [0.25, 0.3) is 0 Å². The van der Waals surface area contributed by atoms with Gasteiger partial charge in [-0.1, -0.05) is 36.0 Å². The summed E-state index contributed by atoms with van der Waals surface area (Å²) in [6.45, 7) is 1.99. The fourth-order valence-electron chi connectivity index (χ4n) is 2.38. The molecule has 0 saturated carbocycles. The van der Waals surface area contributed by atoms with E-state index < -0.39 is 0 Å². The van der Waals surface area contributed by atoms with E-state index >= 15 is 0 Å². The minimum atomic E-state index is 0.0224. The van der Waals surface area contributed by atoms with E-state index in [-0.39, 0.29) is 11.0 Å². The van der Waals surface area contributed by atoms with Crippen LogP contribution >= 0.6 is 23.1 Å². The molecule has 1 aliphatic rings. The van der Waals surface area contributed by atoms with Gasteiger partial charge in [-0.15, -0.1) is 11.3 Å². The number of fused-ring (bicyclic) bond motifs is 1. The highest BCUT2D eigenvalue weighted by Crippen LogP contribution is 2.34. The quantitative estimate of drug-likeness (QED) is 0.779. The summed E-state index contributed by atoms with van der Waals surface area (Å²) in [4.78, 5) is 17.1. The Balaban J connectivity index is 1.85. The van der Waals surface area contributed by atoms with Crippen molar-refractivity contribution in [2.75, 3.05) is 0 Å². The summed E-state index contributed by atoms with van der Waals surface area (Å²) in [5, 5.41) is 2.06. The molecular weight excluding hydrogens is 274 g/mol. The van der Waals surface area contributed by atoms with Gasteiger partial charge >= 0.3 is 0 Å². The van der Waals surface area contributed by atoms with Crippen molar-refractivity contribution in [2.45, 2.75) is 35.8 Å². The Bertz CT molecular complexity index is 606. The first-order valence-electron chi connectivity index (χ1n) is 6.45. The summed E-state index contributed by atoms with van der Waals surface area (Å²) < 4.78 is 1.01. The molecule has 3 rings (SSSR count). The Labute approximate surface area is 121 Å². The molecule has 1 aliphatic carbocycles. The van der Waals surface area contributed by atoms with Gasteiger partial charge in [0, 0.05) is 16.6 Å². The summed E-state index contributed by atoms with van der Waals surface area (Å²) in [6, 6.07) is 8.01. The normalized spacial score (nSPS) is 19.0. The molecule has 1 aromatic carbocycles. The van der Waals surface area contributed by atoms with Crippen molar-refractivity contribution in [2.24, 2.45) is 0 Å². The maximum Gasteiger partial charge on any atom is 0.176 e. The van der Waals surface area contributed by atoms with E-state index in [0.29, 0.717) is 0 Å². The van der Waals surface area contributed by atoms with Crippen molar-refractivity contribution >= 4 is 28.9 Å². The Kier molecular flexibility index (Phi) is 3.71. The van der Waals surface area contributed by atoms with E-state index in [0.717, 1.165) is 34.9 Å². The van der Waals surface area contributed by atoms with Gasteiger partial charge in [0.15, 0.2) is 10.1 Å². The molecule has 0 radical (unpaired) electrons. The Hall–Kier alpha value is -1.13. The molecule has 2 aromatic rings.